The Labute approximate surface area is 94.3 Å². The van der Waals surface area contributed by atoms with Gasteiger partial charge in [-0.15, -0.1) is 0 Å². The van der Waals surface area contributed by atoms with E-state index in [4.69, 9.17) is 0 Å². The van der Waals surface area contributed by atoms with Gasteiger partial charge in [-0.3, -0.25) is 9.69 Å². The zero-order chi connectivity index (χ0) is 11.3. The summed E-state index contributed by atoms with van der Waals surface area (Å²) in [5.41, 5.74) is 4.48. The van der Waals surface area contributed by atoms with Gasteiger partial charge in [0.05, 0.1) is 5.69 Å². The first-order valence-electron chi connectivity index (χ1n) is 5.45. The largest absolute Gasteiger partial charge is 0.341 e. The summed E-state index contributed by atoms with van der Waals surface area (Å²) in [6.45, 7) is 1.83. The van der Waals surface area contributed by atoms with Crippen LogP contribution in [0.2, 0.25) is 0 Å². The van der Waals surface area contributed by atoms with Crippen molar-refractivity contribution < 1.29 is 4.79 Å². The predicted molar refractivity (Wildman–Crippen MR) is 63.5 cm³/mol. The quantitative estimate of drug-likeness (QED) is 0.678. The summed E-state index contributed by atoms with van der Waals surface area (Å²) in [5, 5.41) is 1.28. The van der Waals surface area contributed by atoms with Crippen molar-refractivity contribution in [3.05, 3.63) is 35.0 Å². The van der Waals surface area contributed by atoms with E-state index in [2.05, 4.69) is 30.1 Å². The normalized spacial score (nSPS) is 15.6. The first kappa shape index (κ1) is 9.60. The maximum Gasteiger partial charge on any atom is 0.166 e. The molecule has 0 amide bonds. The molecule has 1 aromatic carbocycles. The summed E-state index contributed by atoms with van der Waals surface area (Å²) in [6, 6.07) is 6.30. The van der Waals surface area contributed by atoms with E-state index in [1.54, 1.807) is 0 Å². The summed E-state index contributed by atoms with van der Waals surface area (Å²) >= 11 is 0. The highest BCUT2D eigenvalue weighted by molar-refractivity contribution is 5.95. The molecule has 3 heteroatoms. The Morgan fingerprint density at radius 3 is 2.81 bits per heavy atom. The van der Waals surface area contributed by atoms with E-state index in [0.29, 0.717) is 0 Å². The number of aryl methyl sites for hydroxylation is 1. The average Bonchev–Trinajstić information content (AvgIpc) is 2.53. The van der Waals surface area contributed by atoms with Gasteiger partial charge in [0.1, 0.15) is 0 Å². The van der Waals surface area contributed by atoms with Gasteiger partial charge in [-0.2, -0.15) is 0 Å². The number of aldehydes is 1. The highest BCUT2D eigenvalue weighted by atomic mass is 16.1. The second kappa shape index (κ2) is 3.19. The number of hydrogen-bond donors (Lipinski definition) is 0. The molecule has 0 unspecified atom stereocenters. The van der Waals surface area contributed by atoms with Crippen LogP contribution in [0.25, 0.3) is 10.9 Å². The third-order valence-corrected chi connectivity index (χ3v) is 3.44. The molecule has 0 fully saturated rings. The van der Waals surface area contributed by atoms with Crippen LogP contribution in [0.5, 0.6) is 0 Å². The second-order valence-electron chi connectivity index (χ2n) is 4.52. The molecule has 2 aromatic rings. The van der Waals surface area contributed by atoms with E-state index in [9.17, 15) is 4.79 Å². The van der Waals surface area contributed by atoms with Crippen LogP contribution in [0, 0.1) is 0 Å². The minimum Gasteiger partial charge on any atom is -0.341 e. The summed E-state index contributed by atoms with van der Waals surface area (Å²) < 4.78 is 2.00. The van der Waals surface area contributed by atoms with Crippen molar-refractivity contribution in [1.82, 2.24) is 9.47 Å². The molecule has 82 valence electrons. The van der Waals surface area contributed by atoms with Crippen molar-refractivity contribution in [1.29, 1.82) is 0 Å². The van der Waals surface area contributed by atoms with Crippen LogP contribution in [-0.4, -0.2) is 22.8 Å². The van der Waals surface area contributed by atoms with Gasteiger partial charge in [-0.1, -0.05) is 12.1 Å². The van der Waals surface area contributed by atoms with Crippen LogP contribution in [0.15, 0.2) is 18.2 Å². The van der Waals surface area contributed by atoms with Gasteiger partial charge in [0.15, 0.2) is 6.29 Å². The van der Waals surface area contributed by atoms with E-state index in [-0.39, 0.29) is 0 Å². The fourth-order valence-electron chi connectivity index (χ4n) is 2.73. The zero-order valence-corrected chi connectivity index (χ0v) is 9.53. The predicted octanol–water partition coefficient (Wildman–Crippen LogP) is 1.94. The molecular weight excluding hydrogens is 200 g/mol. The number of benzene rings is 1. The summed E-state index contributed by atoms with van der Waals surface area (Å²) in [4.78, 5) is 13.4. The van der Waals surface area contributed by atoms with Crippen molar-refractivity contribution in [2.45, 2.75) is 13.1 Å². The molecule has 1 aliphatic heterocycles. The lowest BCUT2D eigenvalue weighted by molar-refractivity contribution is 0.111. The van der Waals surface area contributed by atoms with Crippen LogP contribution >= 0.6 is 0 Å². The first-order chi connectivity index (χ1) is 7.72. The molecule has 1 aromatic heterocycles. The Balaban J connectivity index is 2.46. The smallest absolute Gasteiger partial charge is 0.166 e. The highest BCUT2D eigenvalue weighted by Gasteiger charge is 2.22. The van der Waals surface area contributed by atoms with Gasteiger partial charge in [-0.05, 0) is 18.7 Å². The van der Waals surface area contributed by atoms with E-state index >= 15 is 0 Å². The SMILES string of the molecule is CN1Cc2cccc3c2c(c(C=O)n3C)C1. The molecule has 2 heterocycles. The summed E-state index contributed by atoms with van der Waals surface area (Å²) in [6.07, 6.45) is 0.971. The molecule has 0 N–H and O–H groups in total. The number of aromatic nitrogens is 1. The molecule has 16 heavy (non-hydrogen) atoms. The van der Waals surface area contributed by atoms with Crippen LogP contribution in [-0.2, 0) is 20.1 Å². The third kappa shape index (κ3) is 1.09. The van der Waals surface area contributed by atoms with Gasteiger partial charge >= 0.3 is 0 Å². The summed E-state index contributed by atoms with van der Waals surface area (Å²) in [5.74, 6) is 0. The van der Waals surface area contributed by atoms with E-state index in [1.165, 1.54) is 22.0 Å². The van der Waals surface area contributed by atoms with Gasteiger partial charge in [0.2, 0.25) is 0 Å². The maximum absolute atomic E-state index is 11.2. The Kier molecular flexibility index (Phi) is 1.91. The van der Waals surface area contributed by atoms with Crippen LogP contribution in [0.4, 0.5) is 0 Å². The minimum absolute atomic E-state index is 0.814. The molecule has 0 atom stereocenters. The first-order valence-corrected chi connectivity index (χ1v) is 5.45. The molecular formula is C13H14N2O. The molecule has 0 aliphatic carbocycles. The zero-order valence-electron chi connectivity index (χ0n) is 9.53. The van der Waals surface area contributed by atoms with Crippen molar-refractivity contribution in [3.63, 3.8) is 0 Å². The number of nitrogens with zero attached hydrogens (tertiary/aromatic N) is 2. The molecule has 0 bridgehead atoms. The van der Waals surface area contributed by atoms with Crippen LogP contribution in [0.3, 0.4) is 0 Å². The lowest BCUT2D eigenvalue weighted by Crippen LogP contribution is -2.21. The Morgan fingerprint density at radius 1 is 1.25 bits per heavy atom. The molecule has 3 rings (SSSR count). The number of rotatable bonds is 1. The fourth-order valence-corrected chi connectivity index (χ4v) is 2.73. The Hall–Kier alpha value is -1.61. The Morgan fingerprint density at radius 2 is 2.06 bits per heavy atom. The highest BCUT2D eigenvalue weighted by Crippen LogP contribution is 2.32. The molecule has 0 spiro atoms. The standard InChI is InChI=1S/C13H14N2O/c1-14-6-9-4-3-5-11-13(9)10(7-14)12(8-16)15(11)2/h3-5,8H,6-7H2,1-2H3. The van der Waals surface area contributed by atoms with E-state index in [1.807, 2.05) is 11.6 Å². The number of carbonyl (C=O) groups is 1. The average molecular weight is 214 g/mol. The fraction of sp³-hybridized carbons (Fsp3) is 0.308. The second-order valence-corrected chi connectivity index (χ2v) is 4.52. The molecule has 0 saturated carbocycles. The lowest BCUT2D eigenvalue weighted by atomic mass is 10.0. The maximum atomic E-state index is 11.2. The minimum atomic E-state index is 0.814. The van der Waals surface area contributed by atoms with E-state index in [0.717, 1.165) is 25.1 Å². The summed E-state index contributed by atoms with van der Waals surface area (Å²) in [7, 11) is 4.05. The van der Waals surface area contributed by atoms with Crippen LogP contribution < -0.4 is 0 Å². The topological polar surface area (TPSA) is 25.2 Å². The monoisotopic (exact) mass is 214 g/mol. The lowest BCUT2D eigenvalue weighted by Gasteiger charge is -2.22. The third-order valence-electron chi connectivity index (χ3n) is 3.44. The van der Waals surface area contributed by atoms with Crippen molar-refractivity contribution in [2.75, 3.05) is 7.05 Å². The van der Waals surface area contributed by atoms with Gasteiger partial charge < -0.3 is 4.57 Å². The molecule has 1 aliphatic rings. The van der Waals surface area contributed by atoms with Gasteiger partial charge in [-0.25, -0.2) is 0 Å². The van der Waals surface area contributed by atoms with Crippen LogP contribution in [0.1, 0.15) is 21.6 Å². The van der Waals surface area contributed by atoms with Gasteiger partial charge in [0.25, 0.3) is 0 Å². The molecule has 0 saturated heterocycles. The van der Waals surface area contributed by atoms with Crippen molar-refractivity contribution in [3.8, 4) is 0 Å². The molecule has 3 nitrogen and oxygen atoms in total. The Bertz CT molecular complexity index is 583. The van der Waals surface area contributed by atoms with Gasteiger partial charge in [0, 0.05) is 36.6 Å². The van der Waals surface area contributed by atoms with E-state index < -0.39 is 0 Å². The molecule has 0 radical (unpaired) electrons. The number of carbonyl (C=O) groups excluding carboxylic acids is 1. The van der Waals surface area contributed by atoms with Crippen molar-refractivity contribution in [2.24, 2.45) is 7.05 Å². The number of hydrogen-bond acceptors (Lipinski definition) is 2. The van der Waals surface area contributed by atoms with Crippen molar-refractivity contribution >= 4 is 17.2 Å².